The fourth-order valence-electron chi connectivity index (χ4n) is 4.13. The van der Waals surface area contributed by atoms with Crippen LogP contribution in [-0.4, -0.2) is 80.9 Å². The second-order valence-corrected chi connectivity index (χ2v) is 7.89. The zero-order valence-electron chi connectivity index (χ0n) is 17.2. The van der Waals surface area contributed by atoms with E-state index in [4.69, 9.17) is 9.47 Å². The molecule has 0 aromatic rings. The average Bonchev–Trinajstić information content (AvgIpc) is 2.93. The summed E-state index contributed by atoms with van der Waals surface area (Å²) in [6.45, 7) is 9.19. The van der Waals surface area contributed by atoms with Crippen molar-refractivity contribution in [2.45, 2.75) is 52.0 Å². The van der Waals surface area contributed by atoms with Crippen molar-refractivity contribution < 1.29 is 19.1 Å². The SMILES string of the molecule is CCOC(=O)N1CCCC(N2CCC(C(=O)NCC(C)COC)CC2)CC1. The standard InChI is InChI=1S/C20H37N3O4/c1-4-27-20(25)23-10-5-6-18(9-13-23)22-11-7-17(8-12-22)19(24)21-14-16(2)15-26-3/h16-18H,4-15H2,1-3H3,(H,21,24). The third kappa shape index (κ3) is 6.96. The number of methoxy groups -OCH3 is 1. The Kier molecular flexibility index (Phi) is 9.34. The van der Waals surface area contributed by atoms with Gasteiger partial charge in [0.15, 0.2) is 0 Å². The molecule has 2 amide bonds. The largest absolute Gasteiger partial charge is 0.450 e. The molecule has 1 N–H and O–H groups in total. The van der Waals surface area contributed by atoms with Gasteiger partial charge in [0.1, 0.15) is 0 Å². The Balaban J connectivity index is 1.72. The predicted molar refractivity (Wildman–Crippen MR) is 105 cm³/mol. The molecule has 0 aliphatic carbocycles. The zero-order chi connectivity index (χ0) is 19.6. The number of nitrogens with one attached hydrogen (secondary N) is 1. The summed E-state index contributed by atoms with van der Waals surface area (Å²) in [4.78, 5) is 28.7. The van der Waals surface area contributed by atoms with Crippen LogP contribution >= 0.6 is 0 Å². The van der Waals surface area contributed by atoms with Crippen molar-refractivity contribution in [3.05, 3.63) is 0 Å². The summed E-state index contributed by atoms with van der Waals surface area (Å²) in [6, 6.07) is 0.509. The van der Waals surface area contributed by atoms with Crippen molar-refractivity contribution in [2.75, 3.05) is 53.0 Å². The molecular weight excluding hydrogens is 346 g/mol. The van der Waals surface area contributed by atoms with E-state index < -0.39 is 0 Å². The highest BCUT2D eigenvalue weighted by molar-refractivity contribution is 5.78. The first-order chi connectivity index (χ1) is 13.0. The minimum absolute atomic E-state index is 0.123. The molecule has 2 unspecified atom stereocenters. The van der Waals surface area contributed by atoms with Crippen molar-refractivity contribution in [2.24, 2.45) is 11.8 Å². The lowest BCUT2D eigenvalue weighted by Gasteiger charge is -2.37. The van der Waals surface area contributed by atoms with Crippen molar-refractivity contribution in [1.82, 2.24) is 15.1 Å². The van der Waals surface area contributed by atoms with Crippen LogP contribution in [0.4, 0.5) is 4.79 Å². The quantitative estimate of drug-likeness (QED) is 0.729. The number of hydrogen-bond donors (Lipinski definition) is 1. The Hall–Kier alpha value is -1.34. The maximum atomic E-state index is 12.4. The molecule has 0 saturated carbocycles. The molecule has 2 aliphatic heterocycles. The van der Waals surface area contributed by atoms with Crippen LogP contribution < -0.4 is 5.32 Å². The summed E-state index contributed by atoms with van der Waals surface area (Å²) in [6.07, 6.45) is 4.77. The Morgan fingerprint density at radius 3 is 2.52 bits per heavy atom. The highest BCUT2D eigenvalue weighted by atomic mass is 16.6. The molecule has 0 bridgehead atoms. The molecule has 27 heavy (non-hydrogen) atoms. The number of hydrogen-bond acceptors (Lipinski definition) is 5. The molecule has 2 atom stereocenters. The van der Waals surface area contributed by atoms with Crippen LogP contribution in [0.15, 0.2) is 0 Å². The van der Waals surface area contributed by atoms with Crippen molar-refractivity contribution >= 4 is 12.0 Å². The predicted octanol–water partition coefficient (Wildman–Crippen LogP) is 2.11. The summed E-state index contributed by atoms with van der Waals surface area (Å²) < 4.78 is 10.3. The van der Waals surface area contributed by atoms with Crippen LogP contribution in [0, 0.1) is 11.8 Å². The molecule has 0 radical (unpaired) electrons. The normalized spacial score (nSPS) is 23.5. The molecule has 0 aromatic heterocycles. The summed E-state index contributed by atoms with van der Waals surface area (Å²) in [5.41, 5.74) is 0. The summed E-state index contributed by atoms with van der Waals surface area (Å²) in [5.74, 6) is 0.650. The number of likely N-dealkylation sites (tertiary alicyclic amines) is 2. The first-order valence-electron chi connectivity index (χ1n) is 10.5. The fraction of sp³-hybridized carbons (Fsp3) is 0.900. The molecule has 7 heteroatoms. The molecular formula is C20H37N3O4. The van der Waals surface area contributed by atoms with Gasteiger partial charge in [0.05, 0.1) is 13.2 Å². The highest BCUT2D eigenvalue weighted by Gasteiger charge is 2.30. The van der Waals surface area contributed by atoms with E-state index in [1.807, 2.05) is 11.8 Å². The minimum Gasteiger partial charge on any atom is -0.450 e. The lowest BCUT2D eigenvalue weighted by atomic mass is 9.93. The number of amides is 2. The van der Waals surface area contributed by atoms with Gasteiger partial charge in [-0.3, -0.25) is 4.79 Å². The average molecular weight is 384 g/mol. The van der Waals surface area contributed by atoms with E-state index in [2.05, 4.69) is 17.1 Å². The number of nitrogens with zero attached hydrogens (tertiary/aromatic N) is 2. The molecule has 0 spiro atoms. The van der Waals surface area contributed by atoms with Gasteiger partial charge in [-0.25, -0.2) is 4.79 Å². The second kappa shape index (κ2) is 11.5. The number of ether oxygens (including phenoxy) is 2. The van der Waals surface area contributed by atoms with Crippen molar-refractivity contribution in [3.8, 4) is 0 Å². The molecule has 2 rings (SSSR count). The van der Waals surface area contributed by atoms with E-state index >= 15 is 0 Å². The van der Waals surface area contributed by atoms with Crippen LogP contribution in [-0.2, 0) is 14.3 Å². The number of carbonyl (C=O) groups excluding carboxylic acids is 2. The monoisotopic (exact) mass is 383 g/mol. The van der Waals surface area contributed by atoms with Crippen LogP contribution in [0.5, 0.6) is 0 Å². The molecule has 2 aliphatic rings. The van der Waals surface area contributed by atoms with Crippen LogP contribution in [0.2, 0.25) is 0 Å². The molecule has 2 saturated heterocycles. The van der Waals surface area contributed by atoms with E-state index in [1.165, 1.54) is 0 Å². The van der Waals surface area contributed by atoms with E-state index in [9.17, 15) is 9.59 Å². The van der Waals surface area contributed by atoms with Crippen LogP contribution in [0.1, 0.15) is 46.0 Å². The Labute approximate surface area is 163 Å². The van der Waals surface area contributed by atoms with Gasteiger partial charge in [0, 0.05) is 38.7 Å². The van der Waals surface area contributed by atoms with Gasteiger partial charge >= 0.3 is 6.09 Å². The summed E-state index contributed by atoms with van der Waals surface area (Å²) in [5, 5.41) is 3.08. The Bertz CT molecular complexity index is 466. The smallest absolute Gasteiger partial charge is 0.409 e. The lowest BCUT2D eigenvalue weighted by molar-refractivity contribution is -0.126. The third-order valence-electron chi connectivity index (χ3n) is 5.72. The second-order valence-electron chi connectivity index (χ2n) is 7.89. The summed E-state index contributed by atoms with van der Waals surface area (Å²) >= 11 is 0. The van der Waals surface area contributed by atoms with Gasteiger partial charge in [-0.15, -0.1) is 0 Å². The molecule has 156 valence electrons. The highest BCUT2D eigenvalue weighted by Crippen LogP contribution is 2.24. The maximum absolute atomic E-state index is 12.4. The topological polar surface area (TPSA) is 71.1 Å². The number of rotatable bonds is 7. The fourth-order valence-corrected chi connectivity index (χ4v) is 4.13. The zero-order valence-corrected chi connectivity index (χ0v) is 17.2. The van der Waals surface area contributed by atoms with Gasteiger partial charge in [-0.2, -0.15) is 0 Å². The molecule has 2 fully saturated rings. The van der Waals surface area contributed by atoms with Gasteiger partial charge in [0.25, 0.3) is 0 Å². The van der Waals surface area contributed by atoms with E-state index in [1.54, 1.807) is 7.11 Å². The molecule has 7 nitrogen and oxygen atoms in total. The van der Waals surface area contributed by atoms with Gasteiger partial charge in [-0.1, -0.05) is 6.92 Å². The lowest BCUT2D eigenvalue weighted by Crippen LogP contribution is -2.45. The molecule has 0 aromatic carbocycles. The number of carbonyl (C=O) groups is 2. The molecule has 2 heterocycles. The van der Waals surface area contributed by atoms with Gasteiger partial charge in [-0.05, 0) is 58.0 Å². The third-order valence-corrected chi connectivity index (χ3v) is 5.72. The Morgan fingerprint density at radius 1 is 1.11 bits per heavy atom. The maximum Gasteiger partial charge on any atom is 0.409 e. The van der Waals surface area contributed by atoms with Crippen LogP contribution in [0.3, 0.4) is 0 Å². The van der Waals surface area contributed by atoms with E-state index in [-0.39, 0.29) is 17.9 Å². The first-order valence-corrected chi connectivity index (χ1v) is 10.5. The van der Waals surface area contributed by atoms with E-state index in [0.717, 1.165) is 58.3 Å². The van der Waals surface area contributed by atoms with Crippen LogP contribution in [0.25, 0.3) is 0 Å². The first kappa shape index (κ1) is 22.0. The number of piperidine rings is 1. The van der Waals surface area contributed by atoms with Gasteiger partial charge in [0.2, 0.25) is 5.91 Å². The van der Waals surface area contributed by atoms with E-state index in [0.29, 0.717) is 31.7 Å². The Morgan fingerprint density at radius 2 is 1.85 bits per heavy atom. The van der Waals surface area contributed by atoms with Gasteiger partial charge < -0.3 is 24.6 Å². The summed E-state index contributed by atoms with van der Waals surface area (Å²) in [7, 11) is 1.69. The minimum atomic E-state index is -0.184. The van der Waals surface area contributed by atoms with Crippen molar-refractivity contribution in [3.63, 3.8) is 0 Å². The van der Waals surface area contributed by atoms with Crippen molar-refractivity contribution in [1.29, 1.82) is 0 Å².